The molecule has 29 heavy (non-hydrogen) atoms. The monoisotopic (exact) mass is 434 g/mol. The molecule has 2 aliphatic heterocycles. The third-order valence-electron chi connectivity index (χ3n) is 5.70. The number of fused-ring (bicyclic) bond motifs is 1. The molecule has 0 saturated carbocycles. The minimum atomic E-state index is -3.67. The number of rotatable bonds is 3. The Labute approximate surface area is 175 Å². The highest BCUT2D eigenvalue weighted by atomic mass is 32.2. The minimum absolute atomic E-state index is 0.0721. The van der Waals surface area contributed by atoms with Crippen molar-refractivity contribution in [2.75, 3.05) is 18.4 Å². The van der Waals surface area contributed by atoms with Crippen molar-refractivity contribution in [3.05, 3.63) is 36.2 Å². The molecule has 9 heteroatoms. The molecular weight excluding hydrogens is 408 g/mol. The van der Waals surface area contributed by atoms with E-state index in [0.717, 1.165) is 10.5 Å². The molecule has 0 spiro atoms. The Morgan fingerprint density at radius 1 is 1.31 bits per heavy atom. The smallest absolute Gasteiger partial charge is 0.243 e. The topological polar surface area (TPSA) is 84.3 Å². The number of sulfonamides is 1. The summed E-state index contributed by atoms with van der Waals surface area (Å²) < 4.78 is 30.1. The Bertz CT molecular complexity index is 1060. The summed E-state index contributed by atoms with van der Waals surface area (Å²) in [6.07, 6.45) is 4.19. The third kappa shape index (κ3) is 3.83. The van der Waals surface area contributed by atoms with Crippen LogP contribution in [0, 0.1) is 5.41 Å². The van der Waals surface area contributed by atoms with E-state index in [1.165, 1.54) is 0 Å². The number of hydrogen-bond donors (Lipinski definition) is 1. The second-order valence-corrected chi connectivity index (χ2v) is 12.0. The molecule has 2 atom stereocenters. The van der Waals surface area contributed by atoms with Gasteiger partial charge < -0.3 is 5.32 Å². The number of anilines is 1. The van der Waals surface area contributed by atoms with E-state index in [0.29, 0.717) is 25.2 Å². The van der Waals surface area contributed by atoms with Crippen molar-refractivity contribution < 1.29 is 13.2 Å². The van der Waals surface area contributed by atoms with Crippen molar-refractivity contribution in [1.29, 1.82) is 0 Å². The number of amides is 1. The van der Waals surface area contributed by atoms with Crippen LogP contribution in [0.5, 0.6) is 0 Å². The number of thioether (sulfide) groups is 1. The maximum Gasteiger partial charge on any atom is 0.243 e. The second-order valence-electron chi connectivity index (χ2n) is 8.62. The van der Waals surface area contributed by atoms with Gasteiger partial charge in [-0.3, -0.25) is 9.48 Å². The van der Waals surface area contributed by atoms with Crippen molar-refractivity contribution in [3.8, 4) is 0 Å². The predicted molar refractivity (Wildman–Crippen MR) is 113 cm³/mol. The first-order valence-corrected chi connectivity index (χ1v) is 12.0. The molecule has 2 aromatic rings. The fourth-order valence-electron chi connectivity index (χ4n) is 4.18. The molecule has 7 nitrogen and oxygen atoms in total. The lowest BCUT2D eigenvalue weighted by Crippen LogP contribution is -2.30. The van der Waals surface area contributed by atoms with E-state index in [1.807, 2.05) is 26.4 Å². The first-order chi connectivity index (χ1) is 13.6. The summed E-state index contributed by atoms with van der Waals surface area (Å²) in [7, 11) is -1.81. The average molecular weight is 435 g/mol. The van der Waals surface area contributed by atoms with Gasteiger partial charge in [0, 0.05) is 48.8 Å². The van der Waals surface area contributed by atoms with Crippen LogP contribution in [0.4, 0.5) is 5.69 Å². The zero-order chi connectivity index (χ0) is 21.0. The SMILES string of the molecule is CC1CC(=O)Nc2cc(S(=O)(=O)N3CC(c4cnn(C)c4)C(C)(C)C3)ccc2S1. The van der Waals surface area contributed by atoms with Gasteiger partial charge in [-0.05, 0) is 29.2 Å². The number of aryl methyl sites for hydroxylation is 1. The average Bonchev–Trinajstić information content (AvgIpc) is 3.14. The molecule has 2 unspecified atom stereocenters. The van der Waals surface area contributed by atoms with Gasteiger partial charge in [0.05, 0.1) is 16.8 Å². The number of nitrogens with one attached hydrogen (secondary N) is 1. The molecule has 1 aromatic carbocycles. The molecule has 4 rings (SSSR count). The van der Waals surface area contributed by atoms with Crippen molar-refractivity contribution in [2.45, 2.75) is 48.2 Å². The van der Waals surface area contributed by atoms with Crippen LogP contribution < -0.4 is 5.32 Å². The summed E-state index contributed by atoms with van der Waals surface area (Å²) in [6, 6.07) is 5.04. The lowest BCUT2D eigenvalue weighted by molar-refractivity contribution is -0.116. The summed E-state index contributed by atoms with van der Waals surface area (Å²) in [5.41, 5.74) is 1.42. The van der Waals surface area contributed by atoms with Crippen molar-refractivity contribution in [2.24, 2.45) is 12.5 Å². The molecule has 0 radical (unpaired) electrons. The number of hydrogen-bond acceptors (Lipinski definition) is 5. The van der Waals surface area contributed by atoms with Gasteiger partial charge in [0.1, 0.15) is 0 Å². The first kappa shape index (κ1) is 20.4. The van der Waals surface area contributed by atoms with Gasteiger partial charge in [-0.2, -0.15) is 9.40 Å². The number of nitrogens with zero attached hydrogens (tertiary/aromatic N) is 3. The highest BCUT2D eigenvalue weighted by Gasteiger charge is 2.45. The van der Waals surface area contributed by atoms with Crippen LogP contribution in [0.1, 0.15) is 38.7 Å². The van der Waals surface area contributed by atoms with Crippen molar-refractivity contribution in [3.63, 3.8) is 0 Å². The molecule has 1 aromatic heterocycles. The zero-order valence-electron chi connectivity index (χ0n) is 17.0. The largest absolute Gasteiger partial charge is 0.325 e. The van der Waals surface area contributed by atoms with Crippen LogP contribution >= 0.6 is 11.8 Å². The van der Waals surface area contributed by atoms with Crippen LogP contribution in [0.25, 0.3) is 0 Å². The molecule has 1 amide bonds. The van der Waals surface area contributed by atoms with Gasteiger partial charge in [-0.15, -0.1) is 11.8 Å². The Hall–Kier alpha value is -1.84. The van der Waals surface area contributed by atoms with Gasteiger partial charge >= 0.3 is 0 Å². The number of carbonyl (C=O) groups is 1. The summed E-state index contributed by atoms with van der Waals surface area (Å²) in [5.74, 6) is -0.0137. The predicted octanol–water partition coefficient (Wildman–Crippen LogP) is 3.06. The standard InChI is InChI=1S/C20H26N4O3S2/c1-13-7-19(25)22-17-8-15(5-6-18(17)28-13)29(26,27)24-11-16(20(2,3)12-24)14-9-21-23(4)10-14/h5-6,8-10,13,16H,7,11-12H2,1-4H3,(H,22,25). The Morgan fingerprint density at radius 2 is 2.07 bits per heavy atom. The fourth-order valence-corrected chi connectivity index (χ4v) is 6.88. The quantitative estimate of drug-likeness (QED) is 0.803. The first-order valence-electron chi connectivity index (χ1n) is 9.65. The molecule has 156 valence electrons. The second kappa shape index (κ2) is 7.14. The molecule has 3 heterocycles. The molecule has 1 saturated heterocycles. The molecule has 0 bridgehead atoms. The van der Waals surface area contributed by atoms with Crippen LogP contribution in [-0.4, -0.2) is 46.8 Å². The van der Waals surface area contributed by atoms with E-state index in [4.69, 9.17) is 0 Å². The van der Waals surface area contributed by atoms with Gasteiger partial charge in [0.15, 0.2) is 0 Å². The van der Waals surface area contributed by atoms with E-state index in [1.54, 1.807) is 38.9 Å². The molecule has 1 fully saturated rings. The Kier molecular flexibility index (Phi) is 5.03. The highest BCUT2D eigenvalue weighted by molar-refractivity contribution is 8.00. The molecular formula is C20H26N4O3S2. The van der Waals surface area contributed by atoms with Crippen LogP contribution in [0.15, 0.2) is 40.4 Å². The van der Waals surface area contributed by atoms with E-state index in [9.17, 15) is 13.2 Å². The lowest BCUT2D eigenvalue weighted by Gasteiger charge is -2.24. The maximum atomic E-state index is 13.4. The molecule has 0 aliphatic carbocycles. The van der Waals surface area contributed by atoms with Crippen LogP contribution in [0.3, 0.4) is 0 Å². The molecule has 1 N–H and O–H groups in total. The Balaban J connectivity index is 1.65. The van der Waals surface area contributed by atoms with Crippen LogP contribution in [-0.2, 0) is 21.9 Å². The zero-order valence-corrected chi connectivity index (χ0v) is 18.7. The van der Waals surface area contributed by atoms with Gasteiger partial charge in [0.2, 0.25) is 15.9 Å². The maximum absolute atomic E-state index is 13.4. The fraction of sp³-hybridized carbons (Fsp3) is 0.500. The summed E-state index contributed by atoms with van der Waals surface area (Å²) >= 11 is 1.59. The Morgan fingerprint density at radius 3 is 2.76 bits per heavy atom. The molecule has 2 aliphatic rings. The summed E-state index contributed by atoms with van der Waals surface area (Å²) in [4.78, 5) is 13.2. The number of aromatic nitrogens is 2. The minimum Gasteiger partial charge on any atom is -0.325 e. The summed E-state index contributed by atoms with van der Waals surface area (Å²) in [5, 5.41) is 7.26. The summed E-state index contributed by atoms with van der Waals surface area (Å²) in [6.45, 7) is 7.03. The number of carbonyl (C=O) groups excluding carboxylic acids is 1. The normalized spacial score (nSPS) is 24.8. The van der Waals surface area contributed by atoms with E-state index < -0.39 is 10.0 Å². The van der Waals surface area contributed by atoms with Gasteiger partial charge in [-0.25, -0.2) is 8.42 Å². The van der Waals surface area contributed by atoms with Gasteiger partial charge in [-0.1, -0.05) is 20.8 Å². The van der Waals surface area contributed by atoms with Crippen LogP contribution in [0.2, 0.25) is 0 Å². The lowest BCUT2D eigenvalue weighted by atomic mass is 9.79. The third-order valence-corrected chi connectivity index (χ3v) is 8.69. The van der Waals surface area contributed by atoms with E-state index in [-0.39, 0.29) is 27.4 Å². The number of benzene rings is 1. The van der Waals surface area contributed by atoms with E-state index >= 15 is 0 Å². The highest BCUT2D eigenvalue weighted by Crippen LogP contribution is 2.44. The van der Waals surface area contributed by atoms with Crippen molar-refractivity contribution in [1.82, 2.24) is 14.1 Å². The van der Waals surface area contributed by atoms with Gasteiger partial charge in [0.25, 0.3) is 0 Å². The van der Waals surface area contributed by atoms with Crippen molar-refractivity contribution >= 4 is 33.4 Å². The van der Waals surface area contributed by atoms with E-state index in [2.05, 4.69) is 24.3 Å².